The predicted octanol–water partition coefficient (Wildman–Crippen LogP) is 3.06. The van der Waals surface area contributed by atoms with Crippen LogP contribution >= 0.6 is 0 Å². The van der Waals surface area contributed by atoms with Crippen LogP contribution in [0.4, 0.5) is 0 Å². The normalized spacial score (nSPS) is 10.9. The number of para-hydroxylation sites is 1. The van der Waals surface area contributed by atoms with Gasteiger partial charge in [-0.1, -0.05) is 42.0 Å². The summed E-state index contributed by atoms with van der Waals surface area (Å²) in [6.45, 7) is 4.57. The van der Waals surface area contributed by atoms with Crippen LogP contribution in [0.15, 0.2) is 53.6 Å². The SMILES string of the molecule is Cc1cccc(Cn2cnc3c(C)cccc3c2=O)c1. The van der Waals surface area contributed by atoms with Crippen LogP contribution in [0.2, 0.25) is 0 Å². The van der Waals surface area contributed by atoms with Crippen molar-refractivity contribution < 1.29 is 0 Å². The lowest BCUT2D eigenvalue weighted by molar-refractivity contribution is 0.747. The first kappa shape index (κ1) is 12.6. The second-order valence-corrected chi connectivity index (χ2v) is 5.14. The summed E-state index contributed by atoms with van der Waals surface area (Å²) in [6, 6.07) is 13.9. The molecule has 1 aromatic heterocycles. The average molecular weight is 264 g/mol. The summed E-state index contributed by atoms with van der Waals surface area (Å²) < 4.78 is 1.66. The topological polar surface area (TPSA) is 34.9 Å². The van der Waals surface area contributed by atoms with E-state index in [-0.39, 0.29) is 5.56 Å². The van der Waals surface area contributed by atoms with Gasteiger partial charge in [-0.15, -0.1) is 0 Å². The van der Waals surface area contributed by atoms with Gasteiger partial charge in [0.15, 0.2) is 0 Å². The number of rotatable bonds is 2. The van der Waals surface area contributed by atoms with Crippen LogP contribution in [-0.2, 0) is 6.54 Å². The molecule has 0 fully saturated rings. The maximum Gasteiger partial charge on any atom is 0.261 e. The van der Waals surface area contributed by atoms with Crippen molar-refractivity contribution in [1.29, 1.82) is 0 Å². The lowest BCUT2D eigenvalue weighted by Crippen LogP contribution is -2.21. The lowest BCUT2D eigenvalue weighted by Gasteiger charge is -2.08. The lowest BCUT2D eigenvalue weighted by atomic mass is 10.1. The minimum atomic E-state index is 0.0141. The van der Waals surface area contributed by atoms with Crippen molar-refractivity contribution in [3.8, 4) is 0 Å². The van der Waals surface area contributed by atoms with Crippen LogP contribution in [0.5, 0.6) is 0 Å². The van der Waals surface area contributed by atoms with Crippen molar-refractivity contribution in [3.05, 3.63) is 75.8 Å². The number of aryl methyl sites for hydroxylation is 2. The average Bonchev–Trinajstić information content (AvgIpc) is 2.43. The molecule has 3 nitrogen and oxygen atoms in total. The van der Waals surface area contributed by atoms with E-state index >= 15 is 0 Å². The number of nitrogens with zero attached hydrogens (tertiary/aromatic N) is 2. The highest BCUT2D eigenvalue weighted by Gasteiger charge is 2.06. The molecule has 3 aromatic rings. The Morgan fingerprint density at radius 1 is 1.10 bits per heavy atom. The zero-order chi connectivity index (χ0) is 14.1. The Morgan fingerprint density at radius 2 is 1.90 bits per heavy atom. The van der Waals surface area contributed by atoms with E-state index in [9.17, 15) is 4.79 Å². The molecule has 0 aliphatic heterocycles. The molecule has 3 rings (SSSR count). The van der Waals surface area contributed by atoms with E-state index in [0.29, 0.717) is 11.9 Å². The molecule has 1 heterocycles. The molecule has 0 aliphatic carbocycles. The smallest absolute Gasteiger partial charge is 0.261 e. The zero-order valence-corrected chi connectivity index (χ0v) is 11.6. The third-order valence-electron chi connectivity index (χ3n) is 3.49. The van der Waals surface area contributed by atoms with Gasteiger partial charge in [0, 0.05) is 0 Å². The Morgan fingerprint density at radius 3 is 2.70 bits per heavy atom. The van der Waals surface area contributed by atoms with Crippen LogP contribution in [0.3, 0.4) is 0 Å². The summed E-state index contributed by atoms with van der Waals surface area (Å²) in [4.78, 5) is 16.9. The number of fused-ring (bicyclic) bond motifs is 1. The van der Waals surface area contributed by atoms with Crippen molar-refractivity contribution in [2.24, 2.45) is 0 Å². The second-order valence-electron chi connectivity index (χ2n) is 5.14. The van der Waals surface area contributed by atoms with Gasteiger partial charge in [0.25, 0.3) is 5.56 Å². The molecule has 0 unspecified atom stereocenters. The van der Waals surface area contributed by atoms with E-state index in [2.05, 4.69) is 11.1 Å². The molecule has 0 saturated heterocycles. The second kappa shape index (κ2) is 4.93. The van der Waals surface area contributed by atoms with E-state index < -0.39 is 0 Å². The summed E-state index contributed by atoms with van der Waals surface area (Å²) in [5.74, 6) is 0. The van der Waals surface area contributed by atoms with E-state index in [0.717, 1.165) is 16.6 Å². The Hall–Kier alpha value is -2.42. The summed E-state index contributed by atoms with van der Waals surface area (Å²) in [5, 5.41) is 0.681. The molecule has 0 aliphatic rings. The fourth-order valence-electron chi connectivity index (χ4n) is 2.46. The fraction of sp³-hybridized carbons (Fsp3) is 0.176. The highest BCUT2D eigenvalue weighted by Crippen LogP contribution is 2.12. The van der Waals surface area contributed by atoms with Crippen LogP contribution in [0.1, 0.15) is 16.7 Å². The van der Waals surface area contributed by atoms with E-state index in [1.807, 2.05) is 50.2 Å². The van der Waals surface area contributed by atoms with Crippen molar-refractivity contribution in [2.75, 3.05) is 0 Å². The van der Waals surface area contributed by atoms with Gasteiger partial charge in [-0.05, 0) is 31.0 Å². The van der Waals surface area contributed by atoms with Gasteiger partial charge in [0.05, 0.1) is 23.8 Å². The Balaban J connectivity index is 2.09. The number of hydrogen-bond donors (Lipinski definition) is 0. The first-order valence-corrected chi connectivity index (χ1v) is 6.65. The Bertz CT molecular complexity index is 834. The van der Waals surface area contributed by atoms with Gasteiger partial charge in [0.1, 0.15) is 0 Å². The highest BCUT2D eigenvalue weighted by atomic mass is 16.1. The van der Waals surface area contributed by atoms with Crippen LogP contribution in [0.25, 0.3) is 10.9 Å². The van der Waals surface area contributed by atoms with Gasteiger partial charge in [-0.3, -0.25) is 9.36 Å². The van der Waals surface area contributed by atoms with Gasteiger partial charge >= 0.3 is 0 Å². The molecular formula is C17H16N2O. The minimum absolute atomic E-state index is 0.0141. The summed E-state index contributed by atoms with van der Waals surface area (Å²) in [6.07, 6.45) is 1.64. The molecular weight excluding hydrogens is 248 g/mol. The Labute approximate surface area is 117 Å². The van der Waals surface area contributed by atoms with Crippen LogP contribution < -0.4 is 5.56 Å². The first-order chi connectivity index (χ1) is 9.65. The molecule has 0 radical (unpaired) electrons. The molecule has 0 N–H and O–H groups in total. The molecule has 0 bridgehead atoms. The third-order valence-corrected chi connectivity index (χ3v) is 3.49. The first-order valence-electron chi connectivity index (χ1n) is 6.65. The molecule has 20 heavy (non-hydrogen) atoms. The molecule has 0 saturated carbocycles. The molecule has 3 heteroatoms. The number of hydrogen-bond acceptors (Lipinski definition) is 2. The largest absolute Gasteiger partial charge is 0.294 e. The predicted molar refractivity (Wildman–Crippen MR) is 81.0 cm³/mol. The minimum Gasteiger partial charge on any atom is -0.294 e. The Kier molecular flexibility index (Phi) is 3.11. The standard InChI is InChI=1S/C17H16N2O/c1-12-5-3-7-14(9-12)10-19-11-18-16-13(2)6-4-8-15(16)17(19)20/h3-9,11H,10H2,1-2H3. The maximum absolute atomic E-state index is 12.5. The van der Waals surface area contributed by atoms with Gasteiger partial charge in [-0.2, -0.15) is 0 Å². The maximum atomic E-state index is 12.5. The third kappa shape index (κ3) is 2.23. The van der Waals surface area contributed by atoms with E-state index in [1.54, 1.807) is 10.9 Å². The molecule has 0 spiro atoms. The quantitative estimate of drug-likeness (QED) is 0.713. The summed E-state index contributed by atoms with van der Waals surface area (Å²) in [7, 11) is 0. The van der Waals surface area contributed by atoms with Crippen molar-refractivity contribution in [1.82, 2.24) is 9.55 Å². The number of aromatic nitrogens is 2. The van der Waals surface area contributed by atoms with Crippen LogP contribution in [-0.4, -0.2) is 9.55 Å². The highest BCUT2D eigenvalue weighted by molar-refractivity contribution is 5.80. The van der Waals surface area contributed by atoms with Gasteiger partial charge < -0.3 is 0 Å². The molecule has 0 atom stereocenters. The van der Waals surface area contributed by atoms with Crippen molar-refractivity contribution >= 4 is 10.9 Å². The summed E-state index contributed by atoms with van der Waals surface area (Å²) in [5.41, 5.74) is 4.14. The molecule has 0 amide bonds. The van der Waals surface area contributed by atoms with Gasteiger partial charge in [-0.25, -0.2) is 4.98 Å². The van der Waals surface area contributed by atoms with Crippen molar-refractivity contribution in [3.63, 3.8) is 0 Å². The summed E-state index contributed by atoms with van der Waals surface area (Å²) >= 11 is 0. The fourth-order valence-corrected chi connectivity index (χ4v) is 2.46. The van der Waals surface area contributed by atoms with E-state index in [1.165, 1.54) is 5.56 Å². The molecule has 2 aromatic carbocycles. The van der Waals surface area contributed by atoms with Crippen LogP contribution in [0, 0.1) is 13.8 Å². The van der Waals surface area contributed by atoms with Crippen molar-refractivity contribution in [2.45, 2.75) is 20.4 Å². The van der Waals surface area contributed by atoms with E-state index in [4.69, 9.17) is 0 Å². The van der Waals surface area contributed by atoms with Gasteiger partial charge in [0.2, 0.25) is 0 Å². The zero-order valence-electron chi connectivity index (χ0n) is 11.6. The number of benzene rings is 2. The monoisotopic (exact) mass is 264 g/mol. The molecule has 100 valence electrons.